The quantitative estimate of drug-likeness (QED) is 0.308. The minimum Gasteiger partial charge on any atom is -0.493 e. The Morgan fingerprint density at radius 3 is 2.65 bits per heavy atom. The van der Waals surface area contributed by atoms with Gasteiger partial charge in [-0.15, -0.1) is 0 Å². The van der Waals surface area contributed by atoms with Gasteiger partial charge in [0.25, 0.3) is 0 Å². The second-order valence-corrected chi connectivity index (χ2v) is 7.05. The highest BCUT2D eigenvalue weighted by molar-refractivity contribution is 5.93. The van der Waals surface area contributed by atoms with Crippen LogP contribution in [-0.4, -0.2) is 43.0 Å². The molecule has 0 fully saturated rings. The first kappa shape index (κ1) is 22.2. The third kappa shape index (κ3) is 6.01. The van der Waals surface area contributed by atoms with Crippen molar-refractivity contribution in [3.8, 4) is 17.2 Å². The van der Waals surface area contributed by atoms with Crippen LogP contribution in [0.2, 0.25) is 0 Å². The fourth-order valence-corrected chi connectivity index (χ4v) is 3.28. The number of ether oxygens (including phenoxy) is 2. The summed E-state index contributed by atoms with van der Waals surface area (Å²) in [5.74, 6) is 2.13. The van der Waals surface area contributed by atoms with Gasteiger partial charge in [0.15, 0.2) is 17.5 Å². The van der Waals surface area contributed by atoms with Gasteiger partial charge in [0.2, 0.25) is 0 Å². The lowest BCUT2D eigenvalue weighted by atomic mass is 10.1. The van der Waals surface area contributed by atoms with Crippen molar-refractivity contribution >= 4 is 11.6 Å². The minimum absolute atomic E-state index is 0.576. The molecule has 7 nitrogen and oxygen atoms in total. The first-order valence-corrected chi connectivity index (χ1v) is 10.5. The molecule has 0 unspecified atom stereocenters. The van der Waals surface area contributed by atoms with Crippen LogP contribution in [0, 0.1) is 6.92 Å². The van der Waals surface area contributed by atoms with Gasteiger partial charge >= 0.3 is 0 Å². The summed E-state index contributed by atoms with van der Waals surface area (Å²) < 4.78 is 12.9. The molecule has 31 heavy (non-hydrogen) atoms. The first-order valence-electron chi connectivity index (χ1n) is 10.5. The van der Waals surface area contributed by atoms with E-state index in [4.69, 9.17) is 9.47 Å². The highest BCUT2D eigenvalue weighted by Gasteiger charge is 2.08. The average molecular weight is 422 g/mol. The summed E-state index contributed by atoms with van der Waals surface area (Å²) in [5, 5.41) is 11.3. The predicted molar refractivity (Wildman–Crippen MR) is 126 cm³/mol. The van der Waals surface area contributed by atoms with E-state index in [-0.39, 0.29) is 0 Å². The highest BCUT2D eigenvalue weighted by Crippen LogP contribution is 2.30. The van der Waals surface area contributed by atoms with E-state index in [0.29, 0.717) is 24.1 Å². The summed E-state index contributed by atoms with van der Waals surface area (Å²) in [4.78, 5) is 4.31. The smallest absolute Gasteiger partial charge is 0.195 e. The molecule has 0 saturated carbocycles. The van der Waals surface area contributed by atoms with Crippen LogP contribution in [0.1, 0.15) is 24.6 Å². The highest BCUT2D eigenvalue weighted by atomic mass is 16.5. The number of aromatic nitrogens is 2. The zero-order valence-corrected chi connectivity index (χ0v) is 18.7. The van der Waals surface area contributed by atoms with Crippen molar-refractivity contribution < 1.29 is 9.47 Å². The van der Waals surface area contributed by atoms with E-state index < -0.39 is 0 Å². The van der Waals surface area contributed by atoms with Crippen molar-refractivity contribution in [3.05, 3.63) is 66.0 Å². The maximum Gasteiger partial charge on any atom is 0.195 e. The number of aliphatic imine (C=N–C) groups is 1. The number of guanidine groups is 1. The monoisotopic (exact) mass is 421 g/mol. The number of hydrogen-bond acceptors (Lipinski definition) is 4. The van der Waals surface area contributed by atoms with Gasteiger partial charge in [-0.25, -0.2) is 4.68 Å². The van der Waals surface area contributed by atoms with Gasteiger partial charge < -0.3 is 20.1 Å². The molecule has 3 rings (SSSR count). The molecular formula is C24H31N5O2. The first-order chi connectivity index (χ1) is 15.1. The summed E-state index contributed by atoms with van der Waals surface area (Å²) in [6.07, 6.45) is 4.03. The van der Waals surface area contributed by atoms with Crippen molar-refractivity contribution in [3.63, 3.8) is 0 Å². The summed E-state index contributed by atoms with van der Waals surface area (Å²) >= 11 is 0. The van der Waals surface area contributed by atoms with Gasteiger partial charge in [-0.1, -0.05) is 18.2 Å². The molecular weight excluding hydrogens is 390 g/mol. The largest absolute Gasteiger partial charge is 0.493 e. The van der Waals surface area contributed by atoms with Crippen molar-refractivity contribution in [1.82, 2.24) is 15.1 Å². The number of para-hydroxylation sites is 1. The Labute approximate surface area is 184 Å². The molecule has 0 aliphatic rings. The number of methoxy groups -OCH3 is 1. The summed E-state index contributed by atoms with van der Waals surface area (Å²) in [6.45, 7) is 5.38. The van der Waals surface area contributed by atoms with Crippen molar-refractivity contribution in [1.29, 1.82) is 0 Å². The molecule has 164 valence electrons. The maximum absolute atomic E-state index is 5.64. The number of aryl methyl sites for hydroxylation is 2. The molecule has 1 heterocycles. The lowest BCUT2D eigenvalue weighted by Crippen LogP contribution is -2.31. The molecule has 3 aromatic rings. The van der Waals surface area contributed by atoms with Gasteiger partial charge in [0.1, 0.15) is 0 Å². The topological polar surface area (TPSA) is 72.7 Å². The van der Waals surface area contributed by atoms with Crippen molar-refractivity contribution in [2.24, 2.45) is 4.99 Å². The van der Waals surface area contributed by atoms with E-state index in [0.717, 1.165) is 36.5 Å². The lowest BCUT2D eigenvalue weighted by molar-refractivity contribution is 0.311. The SMILES string of the molecule is CCOc1cc(NC(=NC)NCCCc2cn(-c3ccccc3)nc2C)ccc1OC. The van der Waals surface area contributed by atoms with Crippen LogP contribution in [0.4, 0.5) is 5.69 Å². The summed E-state index contributed by atoms with van der Waals surface area (Å²) in [5.41, 5.74) is 4.28. The number of anilines is 1. The van der Waals surface area contributed by atoms with Crippen LogP contribution in [0.15, 0.2) is 59.7 Å². The van der Waals surface area contributed by atoms with Crippen LogP contribution in [0.3, 0.4) is 0 Å². The van der Waals surface area contributed by atoms with Crippen LogP contribution >= 0.6 is 0 Å². The number of nitrogens with zero attached hydrogens (tertiary/aromatic N) is 3. The molecule has 2 N–H and O–H groups in total. The summed E-state index contributed by atoms with van der Waals surface area (Å²) in [7, 11) is 3.40. The Morgan fingerprint density at radius 2 is 1.94 bits per heavy atom. The zero-order chi connectivity index (χ0) is 22.1. The molecule has 0 spiro atoms. The number of hydrogen-bond donors (Lipinski definition) is 2. The molecule has 0 saturated heterocycles. The van der Waals surface area contributed by atoms with Gasteiger partial charge in [-0.05, 0) is 56.5 Å². The second-order valence-electron chi connectivity index (χ2n) is 7.05. The molecule has 1 aromatic heterocycles. The van der Waals surface area contributed by atoms with Crippen molar-refractivity contribution in [2.75, 3.05) is 32.6 Å². The molecule has 0 aliphatic carbocycles. The molecule has 2 aromatic carbocycles. The Kier molecular flexibility index (Phi) is 7.92. The molecule has 0 amide bonds. The standard InChI is InChI=1S/C24H31N5O2/c1-5-31-23-16-20(13-14-22(23)30-4)27-24(25-3)26-15-9-10-19-17-29(28-18(19)2)21-11-7-6-8-12-21/h6-8,11-14,16-17H,5,9-10,15H2,1-4H3,(H2,25,26,27). The Balaban J connectivity index is 1.52. The van der Waals surface area contributed by atoms with Gasteiger partial charge in [0, 0.05) is 31.5 Å². The average Bonchev–Trinajstić information content (AvgIpc) is 3.17. The Morgan fingerprint density at radius 1 is 1.13 bits per heavy atom. The van der Waals surface area contributed by atoms with E-state index in [1.54, 1.807) is 14.2 Å². The van der Waals surface area contributed by atoms with Crippen LogP contribution < -0.4 is 20.1 Å². The minimum atomic E-state index is 0.576. The normalized spacial score (nSPS) is 11.3. The van der Waals surface area contributed by atoms with Crippen LogP contribution in [0.5, 0.6) is 11.5 Å². The lowest BCUT2D eigenvalue weighted by Gasteiger charge is -2.14. The molecule has 0 radical (unpaired) electrons. The fourth-order valence-electron chi connectivity index (χ4n) is 3.28. The third-order valence-corrected chi connectivity index (χ3v) is 4.89. The van der Waals surface area contributed by atoms with E-state index in [1.165, 1.54) is 5.56 Å². The second kappa shape index (κ2) is 11.1. The van der Waals surface area contributed by atoms with Gasteiger partial charge in [-0.3, -0.25) is 4.99 Å². The molecule has 7 heteroatoms. The van der Waals surface area contributed by atoms with Gasteiger partial charge in [-0.2, -0.15) is 5.10 Å². The van der Waals surface area contributed by atoms with E-state index in [1.807, 2.05) is 48.0 Å². The molecule has 0 aliphatic heterocycles. The van der Waals surface area contributed by atoms with E-state index in [2.05, 4.69) is 46.0 Å². The fraction of sp³-hybridized carbons (Fsp3) is 0.333. The third-order valence-electron chi connectivity index (χ3n) is 4.89. The Hall–Kier alpha value is -3.48. The van der Waals surface area contributed by atoms with Crippen LogP contribution in [-0.2, 0) is 6.42 Å². The number of nitrogens with one attached hydrogen (secondary N) is 2. The molecule has 0 atom stereocenters. The predicted octanol–water partition coefficient (Wildman–Crippen LogP) is 4.21. The maximum atomic E-state index is 5.64. The van der Waals surface area contributed by atoms with E-state index in [9.17, 15) is 0 Å². The number of benzene rings is 2. The molecule has 0 bridgehead atoms. The number of rotatable bonds is 9. The zero-order valence-electron chi connectivity index (χ0n) is 18.7. The van der Waals surface area contributed by atoms with Crippen molar-refractivity contribution in [2.45, 2.75) is 26.7 Å². The van der Waals surface area contributed by atoms with E-state index >= 15 is 0 Å². The Bertz CT molecular complexity index is 998. The van der Waals surface area contributed by atoms with Gasteiger partial charge in [0.05, 0.1) is 25.1 Å². The van der Waals surface area contributed by atoms with Crippen LogP contribution in [0.25, 0.3) is 5.69 Å². The summed E-state index contributed by atoms with van der Waals surface area (Å²) in [6, 6.07) is 15.9.